The van der Waals surface area contributed by atoms with Crippen molar-refractivity contribution in [2.75, 3.05) is 52.8 Å². The van der Waals surface area contributed by atoms with Gasteiger partial charge in [-0.2, -0.15) is 17.0 Å². The Morgan fingerprint density at radius 1 is 1.15 bits per heavy atom. The highest BCUT2D eigenvalue weighted by atomic mass is 32.2. The van der Waals surface area contributed by atoms with Crippen molar-refractivity contribution >= 4 is 20.2 Å². The number of benzene rings is 1. The minimum Gasteiger partial charge on any atom is -0.454 e. The van der Waals surface area contributed by atoms with Crippen LogP contribution in [0.2, 0.25) is 0 Å². The molecule has 0 aromatic heterocycles. The van der Waals surface area contributed by atoms with Crippen LogP contribution in [0.4, 0.5) is 0 Å². The summed E-state index contributed by atoms with van der Waals surface area (Å²) in [5.41, 5.74) is 2.43. The summed E-state index contributed by atoms with van der Waals surface area (Å²) in [6.07, 6.45) is 3.83. The van der Waals surface area contributed by atoms with E-state index in [-0.39, 0.29) is 37.6 Å². The van der Waals surface area contributed by atoms with Crippen LogP contribution in [0.3, 0.4) is 0 Å². The molecule has 12 heteroatoms. The lowest BCUT2D eigenvalue weighted by atomic mass is 9.77. The summed E-state index contributed by atoms with van der Waals surface area (Å²) < 4.78 is 67.2. The van der Waals surface area contributed by atoms with E-state index < -0.39 is 20.2 Å². The Kier molecular flexibility index (Phi) is 6.57. The molecule has 4 aliphatic rings. The standard InChI is InChI=1S/C22H34N4O6S2/c1-24(2)34(29,30)23-9-4-12-33(27,28)26-10-3-5-17-14-25-11-8-16-6-7-20-22(32-15-31-20)21(16)19(25)13-18(17)26/h6-7,17-19,23H,3-5,8-15H2,1-2H3/t17-,18+,19-/m0/s1. The number of fused-ring (bicyclic) bond motifs is 6. The van der Waals surface area contributed by atoms with Crippen LogP contribution in [-0.4, -0.2) is 89.2 Å². The maximum atomic E-state index is 13.4. The van der Waals surface area contributed by atoms with Crippen molar-refractivity contribution in [1.29, 1.82) is 0 Å². The molecule has 1 aromatic carbocycles. The Balaban J connectivity index is 1.32. The van der Waals surface area contributed by atoms with Crippen molar-refractivity contribution in [3.63, 3.8) is 0 Å². The monoisotopic (exact) mass is 514 g/mol. The maximum absolute atomic E-state index is 13.4. The molecule has 1 aromatic rings. The van der Waals surface area contributed by atoms with Gasteiger partial charge < -0.3 is 9.47 Å². The van der Waals surface area contributed by atoms with Gasteiger partial charge in [-0.05, 0) is 49.7 Å². The SMILES string of the molecule is CN(C)S(=O)(=O)NCCCS(=O)(=O)N1CCC[C@H]2CN3CCc4ccc5c(c4[C@@H]3C[C@H]21)OCO5. The highest BCUT2D eigenvalue weighted by molar-refractivity contribution is 7.89. The van der Waals surface area contributed by atoms with Crippen LogP contribution in [0.1, 0.15) is 42.9 Å². The number of sulfonamides is 1. The third-order valence-electron chi connectivity index (χ3n) is 7.61. The average Bonchev–Trinajstić information content (AvgIpc) is 3.29. The van der Waals surface area contributed by atoms with Gasteiger partial charge in [-0.3, -0.25) is 4.90 Å². The van der Waals surface area contributed by atoms with Crippen molar-refractivity contribution in [3.8, 4) is 11.5 Å². The van der Waals surface area contributed by atoms with E-state index in [1.165, 1.54) is 25.2 Å². The molecule has 0 radical (unpaired) electrons. The molecule has 4 aliphatic heterocycles. The second-order valence-electron chi connectivity index (χ2n) is 9.80. The van der Waals surface area contributed by atoms with Gasteiger partial charge in [0.2, 0.25) is 16.8 Å². The first-order valence-electron chi connectivity index (χ1n) is 12.0. The summed E-state index contributed by atoms with van der Waals surface area (Å²) >= 11 is 0. The molecule has 2 saturated heterocycles. The fraction of sp³-hybridized carbons (Fsp3) is 0.727. The first-order chi connectivity index (χ1) is 16.2. The molecule has 10 nitrogen and oxygen atoms in total. The minimum absolute atomic E-state index is 0.0532. The van der Waals surface area contributed by atoms with Crippen molar-refractivity contribution in [1.82, 2.24) is 18.2 Å². The molecular weight excluding hydrogens is 480 g/mol. The van der Waals surface area contributed by atoms with Gasteiger partial charge in [-0.1, -0.05) is 6.07 Å². The first kappa shape index (κ1) is 24.3. The topological polar surface area (TPSA) is 108 Å². The number of ether oxygens (including phenoxy) is 2. The lowest BCUT2D eigenvalue weighted by Gasteiger charge is -2.51. The third kappa shape index (κ3) is 4.44. The Hall–Kier alpha value is -1.44. The fourth-order valence-corrected chi connectivity index (χ4v) is 8.39. The zero-order valence-electron chi connectivity index (χ0n) is 19.8. The third-order valence-corrected chi connectivity index (χ3v) is 11.1. The predicted octanol–water partition coefficient (Wildman–Crippen LogP) is 0.915. The van der Waals surface area contributed by atoms with Crippen LogP contribution in [0.15, 0.2) is 12.1 Å². The Morgan fingerprint density at radius 3 is 2.76 bits per heavy atom. The molecule has 34 heavy (non-hydrogen) atoms. The molecule has 2 fully saturated rings. The van der Waals surface area contributed by atoms with Gasteiger partial charge in [-0.15, -0.1) is 0 Å². The quantitative estimate of drug-likeness (QED) is 0.539. The van der Waals surface area contributed by atoms with Crippen molar-refractivity contribution < 1.29 is 26.3 Å². The average molecular weight is 515 g/mol. The summed E-state index contributed by atoms with van der Waals surface area (Å²) in [7, 11) is -4.19. The van der Waals surface area contributed by atoms with E-state index in [0.717, 1.165) is 54.6 Å². The number of rotatable bonds is 7. The Morgan fingerprint density at radius 2 is 1.97 bits per heavy atom. The molecule has 5 rings (SSSR count). The minimum atomic E-state index is -3.56. The van der Waals surface area contributed by atoms with Gasteiger partial charge in [0.15, 0.2) is 11.5 Å². The number of hydrogen-bond donors (Lipinski definition) is 1. The summed E-state index contributed by atoms with van der Waals surface area (Å²) in [5.74, 6) is 1.84. The molecule has 190 valence electrons. The van der Waals surface area contributed by atoms with Gasteiger partial charge >= 0.3 is 0 Å². The highest BCUT2D eigenvalue weighted by Gasteiger charge is 2.47. The largest absolute Gasteiger partial charge is 0.454 e. The first-order valence-corrected chi connectivity index (χ1v) is 15.0. The van der Waals surface area contributed by atoms with E-state index in [1.54, 1.807) is 4.31 Å². The van der Waals surface area contributed by atoms with Crippen LogP contribution in [0.5, 0.6) is 11.5 Å². The normalized spacial score (nSPS) is 27.3. The maximum Gasteiger partial charge on any atom is 0.278 e. The van der Waals surface area contributed by atoms with Gasteiger partial charge in [-0.25, -0.2) is 13.1 Å². The molecule has 4 heterocycles. The number of hydrogen-bond acceptors (Lipinski definition) is 7. The Labute approximate surface area is 202 Å². The molecule has 0 aliphatic carbocycles. The lowest BCUT2D eigenvalue weighted by molar-refractivity contribution is 0.0209. The van der Waals surface area contributed by atoms with Crippen LogP contribution < -0.4 is 14.2 Å². The summed E-state index contributed by atoms with van der Waals surface area (Å²) in [6, 6.07) is 4.16. The van der Waals surface area contributed by atoms with E-state index >= 15 is 0 Å². The molecular formula is C22H34N4O6S2. The molecule has 3 atom stereocenters. The van der Waals surface area contributed by atoms with Gasteiger partial charge in [0, 0.05) is 57.9 Å². The summed E-state index contributed by atoms with van der Waals surface area (Å²) in [4.78, 5) is 2.50. The fourth-order valence-electron chi connectivity index (χ4n) is 5.91. The van der Waals surface area contributed by atoms with Crippen LogP contribution in [0.25, 0.3) is 0 Å². The Bertz CT molecular complexity index is 1140. The van der Waals surface area contributed by atoms with Crippen LogP contribution >= 0.6 is 0 Å². The highest BCUT2D eigenvalue weighted by Crippen LogP contribution is 2.50. The molecule has 0 unspecified atom stereocenters. The van der Waals surface area contributed by atoms with Gasteiger partial charge in [0.25, 0.3) is 10.2 Å². The van der Waals surface area contributed by atoms with E-state index in [4.69, 9.17) is 9.47 Å². The van der Waals surface area contributed by atoms with E-state index in [9.17, 15) is 16.8 Å². The molecule has 0 bridgehead atoms. The molecule has 0 saturated carbocycles. The van der Waals surface area contributed by atoms with Gasteiger partial charge in [0.05, 0.1) is 5.75 Å². The number of nitrogens with one attached hydrogen (secondary N) is 1. The van der Waals surface area contributed by atoms with Crippen molar-refractivity contribution in [2.45, 2.75) is 44.2 Å². The van der Waals surface area contributed by atoms with Crippen LogP contribution in [-0.2, 0) is 26.7 Å². The van der Waals surface area contributed by atoms with E-state index in [1.807, 2.05) is 6.07 Å². The zero-order valence-corrected chi connectivity index (χ0v) is 21.4. The second-order valence-corrected chi connectivity index (χ2v) is 13.8. The molecule has 1 N–H and O–H groups in total. The molecule has 0 amide bonds. The second kappa shape index (κ2) is 9.21. The summed E-state index contributed by atoms with van der Waals surface area (Å²) in [5, 5.41) is 0. The van der Waals surface area contributed by atoms with Crippen molar-refractivity contribution in [2.24, 2.45) is 5.92 Å². The van der Waals surface area contributed by atoms with E-state index in [2.05, 4.69) is 15.7 Å². The van der Waals surface area contributed by atoms with Crippen molar-refractivity contribution in [3.05, 3.63) is 23.3 Å². The lowest BCUT2D eigenvalue weighted by Crippen LogP contribution is -2.57. The smallest absolute Gasteiger partial charge is 0.278 e. The number of piperidine rings is 2. The predicted molar refractivity (Wildman–Crippen MR) is 127 cm³/mol. The number of nitrogens with zero attached hydrogens (tertiary/aromatic N) is 3. The molecule has 0 spiro atoms. The van der Waals surface area contributed by atoms with E-state index in [0.29, 0.717) is 12.5 Å². The van der Waals surface area contributed by atoms with Gasteiger partial charge in [0.1, 0.15) is 0 Å². The zero-order chi connectivity index (χ0) is 24.1. The summed E-state index contributed by atoms with van der Waals surface area (Å²) in [6.45, 7) is 2.70. The van der Waals surface area contributed by atoms with Crippen LogP contribution in [0, 0.1) is 5.92 Å².